The Balaban J connectivity index is 2.06. The molecule has 114 valence electrons. The van der Waals surface area contributed by atoms with Crippen LogP contribution in [0.15, 0.2) is 30.5 Å². The quantitative estimate of drug-likeness (QED) is 0.885. The van der Waals surface area contributed by atoms with Gasteiger partial charge in [-0.1, -0.05) is 18.2 Å². The topological polar surface area (TPSA) is 39.1 Å². The zero-order valence-electron chi connectivity index (χ0n) is 13.6. The fourth-order valence-corrected chi connectivity index (χ4v) is 2.29. The molecule has 4 heteroatoms. The summed E-state index contributed by atoms with van der Waals surface area (Å²) in [7, 11) is 1.97. The predicted molar refractivity (Wildman–Crippen MR) is 85.4 cm³/mol. The molecule has 0 aliphatic heterocycles. The average molecular weight is 287 g/mol. The second-order valence-corrected chi connectivity index (χ2v) is 5.69. The summed E-state index contributed by atoms with van der Waals surface area (Å²) in [5, 5.41) is 7.83. The van der Waals surface area contributed by atoms with Crippen LogP contribution in [0.3, 0.4) is 0 Å². The Kier molecular flexibility index (Phi) is 5.02. The van der Waals surface area contributed by atoms with Gasteiger partial charge in [-0.25, -0.2) is 0 Å². The number of rotatable bonds is 6. The Morgan fingerprint density at radius 2 is 1.95 bits per heavy atom. The van der Waals surface area contributed by atoms with Crippen LogP contribution in [0.1, 0.15) is 43.6 Å². The molecule has 1 unspecified atom stereocenters. The van der Waals surface area contributed by atoms with Crippen LogP contribution in [-0.4, -0.2) is 15.9 Å². The van der Waals surface area contributed by atoms with E-state index in [1.54, 1.807) is 0 Å². The van der Waals surface area contributed by atoms with Crippen LogP contribution in [0.25, 0.3) is 0 Å². The maximum atomic E-state index is 5.89. The molecule has 2 rings (SSSR count). The minimum Gasteiger partial charge on any atom is -0.491 e. The minimum atomic E-state index is 0.180. The van der Waals surface area contributed by atoms with Gasteiger partial charge < -0.3 is 10.1 Å². The van der Waals surface area contributed by atoms with Crippen molar-refractivity contribution in [1.29, 1.82) is 0 Å². The Morgan fingerprint density at radius 3 is 2.57 bits per heavy atom. The summed E-state index contributed by atoms with van der Waals surface area (Å²) in [5.74, 6) is 0.954. The maximum absolute atomic E-state index is 5.89. The van der Waals surface area contributed by atoms with E-state index in [1.165, 1.54) is 16.8 Å². The third-order valence-electron chi connectivity index (χ3n) is 3.68. The summed E-state index contributed by atoms with van der Waals surface area (Å²) < 4.78 is 7.79. The normalized spacial score (nSPS) is 12.7. The van der Waals surface area contributed by atoms with Gasteiger partial charge in [-0.15, -0.1) is 0 Å². The lowest BCUT2D eigenvalue weighted by atomic mass is 10.1. The van der Waals surface area contributed by atoms with Gasteiger partial charge in [0.2, 0.25) is 0 Å². The zero-order valence-corrected chi connectivity index (χ0v) is 13.6. The van der Waals surface area contributed by atoms with E-state index in [1.807, 2.05) is 43.9 Å². The van der Waals surface area contributed by atoms with Gasteiger partial charge in [-0.2, -0.15) is 5.10 Å². The molecule has 2 aromatic rings. The molecular formula is C17H25N3O. The summed E-state index contributed by atoms with van der Waals surface area (Å²) in [6, 6.07) is 8.43. The highest BCUT2D eigenvalue weighted by molar-refractivity contribution is 5.36. The van der Waals surface area contributed by atoms with Gasteiger partial charge in [0.1, 0.15) is 5.75 Å². The highest BCUT2D eigenvalue weighted by Gasteiger charge is 2.13. The Morgan fingerprint density at radius 1 is 1.24 bits per heavy atom. The Labute approximate surface area is 127 Å². The molecular weight excluding hydrogens is 262 g/mol. The van der Waals surface area contributed by atoms with E-state index in [0.717, 1.165) is 12.3 Å². The van der Waals surface area contributed by atoms with Gasteiger partial charge in [0.15, 0.2) is 0 Å². The van der Waals surface area contributed by atoms with E-state index < -0.39 is 0 Å². The molecule has 0 saturated heterocycles. The molecule has 0 aliphatic carbocycles. The first-order valence-corrected chi connectivity index (χ1v) is 7.45. The SMILES string of the molecule is Cc1c(CNC(C)c2ccccc2OC(C)C)cnn1C. The van der Waals surface area contributed by atoms with Crippen LogP contribution in [0.4, 0.5) is 0 Å². The molecule has 1 N–H and O–H groups in total. The first-order valence-electron chi connectivity index (χ1n) is 7.45. The number of hydrogen-bond acceptors (Lipinski definition) is 3. The lowest BCUT2D eigenvalue weighted by molar-refractivity contribution is 0.238. The van der Waals surface area contributed by atoms with Crippen molar-refractivity contribution in [3.05, 3.63) is 47.3 Å². The van der Waals surface area contributed by atoms with Gasteiger partial charge in [0, 0.05) is 36.5 Å². The number of nitrogens with zero attached hydrogens (tertiary/aromatic N) is 2. The molecule has 0 fully saturated rings. The van der Waals surface area contributed by atoms with Crippen molar-refractivity contribution in [3.8, 4) is 5.75 Å². The first-order chi connectivity index (χ1) is 9.99. The number of hydrogen-bond donors (Lipinski definition) is 1. The lowest BCUT2D eigenvalue weighted by Gasteiger charge is -2.19. The van der Waals surface area contributed by atoms with Crippen molar-refractivity contribution in [2.24, 2.45) is 7.05 Å². The number of ether oxygens (including phenoxy) is 1. The first kappa shape index (κ1) is 15.6. The zero-order chi connectivity index (χ0) is 15.4. The van der Waals surface area contributed by atoms with Crippen molar-refractivity contribution >= 4 is 0 Å². The van der Waals surface area contributed by atoms with Crippen molar-refractivity contribution in [1.82, 2.24) is 15.1 Å². The van der Waals surface area contributed by atoms with E-state index in [2.05, 4.69) is 36.4 Å². The highest BCUT2D eigenvalue weighted by Crippen LogP contribution is 2.26. The molecule has 0 aliphatic rings. The predicted octanol–water partition coefficient (Wildman–Crippen LogP) is 3.37. The van der Waals surface area contributed by atoms with Crippen LogP contribution in [-0.2, 0) is 13.6 Å². The summed E-state index contributed by atoms with van der Waals surface area (Å²) in [5.41, 5.74) is 3.61. The molecule has 0 amide bonds. The van der Waals surface area contributed by atoms with Gasteiger partial charge in [-0.3, -0.25) is 4.68 Å². The fourth-order valence-electron chi connectivity index (χ4n) is 2.29. The van der Waals surface area contributed by atoms with Gasteiger partial charge in [0.05, 0.1) is 12.3 Å². The molecule has 0 bridgehead atoms. The van der Waals surface area contributed by atoms with E-state index in [4.69, 9.17) is 4.74 Å². The molecule has 1 aromatic heterocycles. The van der Waals surface area contributed by atoms with Crippen molar-refractivity contribution in [3.63, 3.8) is 0 Å². The molecule has 21 heavy (non-hydrogen) atoms. The van der Waals surface area contributed by atoms with Crippen LogP contribution in [0.2, 0.25) is 0 Å². The summed E-state index contributed by atoms with van der Waals surface area (Å²) in [4.78, 5) is 0. The van der Waals surface area contributed by atoms with Crippen molar-refractivity contribution in [2.45, 2.75) is 46.4 Å². The second-order valence-electron chi connectivity index (χ2n) is 5.69. The molecule has 1 aromatic carbocycles. The van der Waals surface area contributed by atoms with Crippen LogP contribution < -0.4 is 10.1 Å². The number of aryl methyl sites for hydroxylation is 1. The minimum absolute atomic E-state index is 0.180. The number of aromatic nitrogens is 2. The van der Waals surface area contributed by atoms with E-state index in [-0.39, 0.29) is 12.1 Å². The van der Waals surface area contributed by atoms with E-state index in [0.29, 0.717) is 0 Å². The smallest absolute Gasteiger partial charge is 0.124 e. The monoisotopic (exact) mass is 287 g/mol. The largest absolute Gasteiger partial charge is 0.491 e. The third kappa shape index (κ3) is 3.85. The summed E-state index contributed by atoms with van der Waals surface area (Å²) in [6.45, 7) is 9.15. The van der Waals surface area contributed by atoms with Crippen molar-refractivity contribution in [2.75, 3.05) is 0 Å². The van der Waals surface area contributed by atoms with Gasteiger partial charge in [-0.05, 0) is 33.8 Å². The lowest BCUT2D eigenvalue weighted by Crippen LogP contribution is -2.20. The average Bonchev–Trinajstić information content (AvgIpc) is 2.76. The maximum Gasteiger partial charge on any atom is 0.124 e. The van der Waals surface area contributed by atoms with Gasteiger partial charge in [0.25, 0.3) is 0 Å². The molecule has 1 atom stereocenters. The standard InChI is InChI=1S/C17H25N3O/c1-12(2)21-17-9-7-6-8-16(17)13(3)18-10-15-11-19-20(5)14(15)4/h6-9,11-13,18H,10H2,1-5H3. The molecule has 0 spiro atoms. The number of nitrogens with one attached hydrogen (secondary N) is 1. The molecule has 0 radical (unpaired) electrons. The Hall–Kier alpha value is -1.81. The van der Waals surface area contributed by atoms with E-state index in [9.17, 15) is 0 Å². The molecule has 0 saturated carbocycles. The summed E-state index contributed by atoms with van der Waals surface area (Å²) >= 11 is 0. The fraction of sp³-hybridized carbons (Fsp3) is 0.471. The summed E-state index contributed by atoms with van der Waals surface area (Å²) in [6.07, 6.45) is 2.10. The molecule has 1 heterocycles. The Bertz CT molecular complexity index is 589. The second kappa shape index (κ2) is 6.76. The van der Waals surface area contributed by atoms with Crippen LogP contribution in [0, 0.1) is 6.92 Å². The highest BCUT2D eigenvalue weighted by atomic mass is 16.5. The number of para-hydroxylation sites is 1. The third-order valence-corrected chi connectivity index (χ3v) is 3.68. The van der Waals surface area contributed by atoms with Crippen LogP contribution >= 0.6 is 0 Å². The van der Waals surface area contributed by atoms with E-state index >= 15 is 0 Å². The number of benzene rings is 1. The van der Waals surface area contributed by atoms with Crippen LogP contribution in [0.5, 0.6) is 5.75 Å². The van der Waals surface area contributed by atoms with Gasteiger partial charge >= 0.3 is 0 Å². The molecule has 4 nitrogen and oxygen atoms in total. The van der Waals surface area contributed by atoms with Crippen molar-refractivity contribution < 1.29 is 4.74 Å².